The molecule has 5 N–H and O–H groups in total. The number of pyridine rings is 1. The smallest absolute Gasteiger partial charge is 0.296 e. The van der Waals surface area contributed by atoms with Crippen LogP contribution in [0.2, 0.25) is 0 Å². The summed E-state index contributed by atoms with van der Waals surface area (Å²) in [7, 11) is -9.53. The monoisotopic (exact) mass is 457 g/mol. The van der Waals surface area contributed by atoms with Gasteiger partial charge < -0.3 is 10.8 Å². The zero-order valence-electron chi connectivity index (χ0n) is 15.2. The van der Waals surface area contributed by atoms with E-state index in [2.05, 4.69) is 10.2 Å². The number of nitrogens with two attached hydrogens (primary N) is 1. The van der Waals surface area contributed by atoms with Crippen molar-refractivity contribution in [2.45, 2.75) is 24.1 Å². The van der Waals surface area contributed by atoms with Crippen LogP contribution < -0.4 is 11.3 Å². The van der Waals surface area contributed by atoms with Crippen LogP contribution in [0.1, 0.15) is 18.1 Å². The zero-order chi connectivity index (χ0) is 22.9. The number of aromatic nitrogens is 1. The van der Waals surface area contributed by atoms with Crippen molar-refractivity contribution < 1.29 is 31.0 Å². The maximum atomic E-state index is 12.3. The lowest BCUT2D eigenvalue weighted by molar-refractivity contribution is 0.411. The summed E-state index contributed by atoms with van der Waals surface area (Å²) in [6.07, 6.45) is 0. The van der Waals surface area contributed by atoms with Gasteiger partial charge in [0.1, 0.15) is 28.0 Å². The molecule has 30 heavy (non-hydrogen) atoms. The van der Waals surface area contributed by atoms with E-state index in [0.717, 1.165) is 18.2 Å². The molecule has 0 atom stereocenters. The number of rotatable bonds is 6. The molecule has 2 rings (SSSR count). The Morgan fingerprint density at radius 2 is 1.83 bits per heavy atom. The number of benzene rings is 1. The first kappa shape index (κ1) is 23.0. The standard InChI is InChI=1S/C15H15N5O8S2/c1-2-20-14(21)9(6-16)10(7-29(23,24)25)13(15(20)22)19-18-11-5-8(17)3-4-12(11)30(26,27)28/h3-5,22H,2,7,17H2,1H3,(H,23,24,25)(H,26,27,28). The van der Waals surface area contributed by atoms with Crippen LogP contribution in [0.5, 0.6) is 5.88 Å². The van der Waals surface area contributed by atoms with Crippen LogP contribution in [0.15, 0.2) is 38.1 Å². The first-order valence-electron chi connectivity index (χ1n) is 7.92. The number of hydrogen-bond donors (Lipinski definition) is 4. The van der Waals surface area contributed by atoms with Gasteiger partial charge in [0.05, 0.1) is 0 Å². The SMILES string of the molecule is CCn1c(O)c(N=Nc2cc(N)ccc2S(=O)(=O)O)c(CS(=O)(=O)O)c(C#N)c1=O. The van der Waals surface area contributed by atoms with Crippen molar-refractivity contribution in [1.29, 1.82) is 5.26 Å². The molecule has 1 aromatic heterocycles. The van der Waals surface area contributed by atoms with Crippen LogP contribution in [-0.2, 0) is 32.5 Å². The molecule has 15 heteroatoms. The zero-order valence-corrected chi connectivity index (χ0v) is 16.8. The van der Waals surface area contributed by atoms with Crippen molar-refractivity contribution >= 4 is 37.3 Å². The largest absolute Gasteiger partial charge is 0.493 e. The molecular formula is C15H15N5O8S2. The number of nitrogens with zero attached hydrogens (tertiary/aromatic N) is 4. The van der Waals surface area contributed by atoms with Crippen LogP contribution in [0.4, 0.5) is 17.1 Å². The molecule has 0 saturated heterocycles. The van der Waals surface area contributed by atoms with E-state index in [1.807, 2.05) is 0 Å². The van der Waals surface area contributed by atoms with Crippen molar-refractivity contribution in [2.75, 3.05) is 5.73 Å². The Bertz CT molecular complexity index is 1350. The number of nitriles is 1. The quantitative estimate of drug-likeness (QED) is 0.274. The average molecular weight is 457 g/mol. The molecule has 0 aliphatic rings. The van der Waals surface area contributed by atoms with Crippen LogP contribution in [0, 0.1) is 11.3 Å². The molecule has 0 unspecified atom stereocenters. The summed E-state index contributed by atoms with van der Waals surface area (Å²) in [6, 6.07) is 4.61. The van der Waals surface area contributed by atoms with Crippen LogP contribution >= 0.6 is 0 Å². The molecule has 13 nitrogen and oxygen atoms in total. The third-order valence-corrected chi connectivity index (χ3v) is 5.34. The van der Waals surface area contributed by atoms with Gasteiger partial charge in [-0.15, -0.1) is 10.2 Å². The summed E-state index contributed by atoms with van der Waals surface area (Å²) in [5.41, 5.74) is 2.07. The van der Waals surface area contributed by atoms with Gasteiger partial charge in [-0.3, -0.25) is 18.5 Å². The van der Waals surface area contributed by atoms with E-state index >= 15 is 0 Å². The molecule has 2 aromatic rings. The van der Waals surface area contributed by atoms with Gasteiger partial charge in [-0.05, 0) is 25.1 Å². The van der Waals surface area contributed by atoms with Gasteiger partial charge in [0.2, 0.25) is 5.88 Å². The molecule has 0 aliphatic carbocycles. The van der Waals surface area contributed by atoms with Crippen molar-refractivity contribution in [1.82, 2.24) is 4.57 Å². The molecule has 0 aliphatic heterocycles. The number of anilines is 1. The predicted octanol–water partition coefficient (Wildman–Crippen LogP) is 1.08. The highest BCUT2D eigenvalue weighted by Crippen LogP contribution is 2.35. The molecule has 1 aromatic carbocycles. The third-order valence-electron chi connectivity index (χ3n) is 3.79. The predicted molar refractivity (Wildman–Crippen MR) is 103 cm³/mol. The van der Waals surface area contributed by atoms with Gasteiger partial charge in [0.25, 0.3) is 25.8 Å². The molecule has 0 saturated carbocycles. The van der Waals surface area contributed by atoms with Crippen LogP contribution in [0.3, 0.4) is 0 Å². The molecule has 0 fully saturated rings. The highest BCUT2D eigenvalue weighted by molar-refractivity contribution is 7.86. The second kappa shape index (κ2) is 8.20. The maximum absolute atomic E-state index is 12.3. The van der Waals surface area contributed by atoms with E-state index in [4.69, 9.17) is 10.3 Å². The van der Waals surface area contributed by atoms with Crippen molar-refractivity contribution in [2.24, 2.45) is 10.2 Å². The number of aromatic hydroxyl groups is 1. The fourth-order valence-electron chi connectivity index (χ4n) is 2.51. The average Bonchev–Trinajstić information content (AvgIpc) is 2.60. The summed E-state index contributed by atoms with van der Waals surface area (Å²) in [6.45, 7) is 1.31. The summed E-state index contributed by atoms with van der Waals surface area (Å²) in [5, 5.41) is 26.8. The third kappa shape index (κ3) is 4.80. The Hall–Kier alpha value is -3.32. The summed E-state index contributed by atoms with van der Waals surface area (Å²) in [4.78, 5) is 11.6. The highest BCUT2D eigenvalue weighted by Gasteiger charge is 2.25. The lowest BCUT2D eigenvalue weighted by Gasteiger charge is -2.13. The van der Waals surface area contributed by atoms with Crippen molar-refractivity contribution in [3.63, 3.8) is 0 Å². The topological polar surface area (TPSA) is 225 Å². The van der Waals surface area contributed by atoms with Crippen LogP contribution in [-0.4, -0.2) is 35.6 Å². The number of hydrogen-bond acceptors (Lipinski definition) is 10. The van der Waals surface area contributed by atoms with Gasteiger partial charge in [-0.25, -0.2) is 0 Å². The Morgan fingerprint density at radius 1 is 1.20 bits per heavy atom. The first-order chi connectivity index (χ1) is 13.8. The van der Waals surface area contributed by atoms with Gasteiger partial charge in [0, 0.05) is 17.8 Å². The van der Waals surface area contributed by atoms with Crippen molar-refractivity contribution in [3.05, 3.63) is 39.7 Å². The van der Waals surface area contributed by atoms with E-state index in [1.54, 1.807) is 0 Å². The van der Waals surface area contributed by atoms with E-state index in [-0.39, 0.29) is 12.2 Å². The Morgan fingerprint density at radius 3 is 2.33 bits per heavy atom. The van der Waals surface area contributed by atoms with Gasteiger partial charge >= 0.3 is 0 Å². The molecule has 1 heterocycles. The minimum absolute atomic E-state index is 0.0370. The molecule has 0 radical (unpaired) electrons. The van der Waals surface area contributed by atoms with E-state index in [1.165, 1.54) is 13.0 Å². The fraction of sp³-hybridized carbons (Fsp3) is 0.200. The van der Waals surface area contributed by atoms with Gasteiger partial charge in [-0.1, -0.05) is 0 Å². The lowest BCUT2D eigenvalue weighted by atomic mass is 10.1. The second-order valence-electron chi connectivity index (χ2n) is 5.82. The molecular weight excluding hydrogens is 442 g/mol. The van der Waals surface area contributed by atoms with Gasteiger partial charge in [-0.2, -0.15) is 22.1 Å². The summed E-state index contributed by atoms with van der Waals surface area (Å²) < 4.78 is 64.9. The molecule has 160 valence electrons. The number of nitrogen functional groups attached to an aromatic ring is 1. The Balaban J connectivity index is 2.88. The lowest BCUT2D eigenvalue weighted by Crippen LogP contribution is -2.24. The highest BCUT2D eigenvalue weighted by atomic mass is 32.2. The van der Waals surface area contributed by atoms with Crippen LogP contribution in [0.25, 0.3) is 0 Å². The minimum Gasteiger partial charge on any atom is -0.493 e. The molecule has 0 bridgehead atoms. The van der Waals surface area contributed by atoms with E-state index in [0.29, 0.717) is 4.57 Å². The van der Waals surface area contributed by atoms with Gasteiger partial charge in [0.15, 0.2) is 5.69 Å². The summed E-state index contributed by atoms with van der Waals surface area (Å²) >= 11 is 0. The fourth-order valence-corrected chi connectivity index (χ4v) is 3.76. The maximum Gasteiger partial charge on any atom is 0.296 e. The Kier molecular flexibility index (Phi) is 6.28. The normalized spacial score (nSPS) is 12.2. The van der Waals surface area contributed by atoms with E-state index in [9.17, 15) is 36.6 Å². The minimum atomic E-state index is -4.77. The number of azo groups is 1. The molecule has 0 amide bonds. The Labute approximate surface area is 170 Å². The first-order valence-corrected chi connectivity index (χ1v) is 11.0. The molecule has 0 spiro atoms. The summed E-state index contributed by atoms with van der Waals surface area (Å²) in [5.74, 6) is -2.12. The second-order valence-corrected chi connectivity index (χ2v) is 8.66. The van der Waals surface area contributed by atoms with Crippen molar-refractivity contribution in [3.8, 4) is 11.9 Å². The van der Waals surface area contributed by atoms with E-state index < -0.39 is 64.8 Å².